The highest BCUT2D eigenvalue weighted by molar-refractivity contribution is 5.90. The molecule has 0 saturated carbocycles. The summed E-state index contributed by atoms with van der Waals surface area (Å²) in [5.74, 6) is -0.309. The van der Waals surface area contributed by atoms with Crippen molar-refractivity contribution in [3.8, 4) is 0 Å². The van der Waals surface area contributed by atoms with Gasteiger partial charge in [-0.15, -0.1) is 0 Å². The molecule has 250 valence electrons. The fraction of sp³-hybridized carbons (Fsp3) is 0.914. The average molecular weight is 611 g/mol. The Morgan fingerprint density at radius 2 is 1.23 bits per heavy atom. The number of aliphatic hydroxyl groups is 4. The van der Waals surface area contributed by atoms with Gasteiger partial charge in [-0.2, -0.15) is 0 Å². The van der Waals surface area contributed by atoms with Gasteiger partial charge >= 0.3 is 5.97 Å². The van der Waals surface area contributed by atoms with Crippen molar-refractivity contribution < 1.29 is 39.4 Å². The summed E-state index contributed by atoms with van der Waals surface area (Å²) in [5.41, 5.74) is 0.583. The van der Waals surface area contributed by atoms with Crippen LogP contribution in [0.3, 0.4) is 0 Å². The van der Waals surface area contributed by atoms with E-state index < -0.39 is 24.4 Å². The minimum atomic E-state index is -0.637. The molecule has 8 heteroatoms. The predicted molar refractivity (Wildman–Crippen MR) is 168 cm³/mol. The van der Waals surface area contributed by atoms with E-state index in [1.54, 1.807) is 6.08 Å². The van der Waals surface area contributed by atoms with Crippen LogP contribution in [0.5, 0.6) is 0 Å². The summed E-state index contributed by atoms with van der Waals surface area (Å²) in [6, 6.07) is 0. The van der Waals surface area contributed by atoms with Crippen LogP contribution in [-0.4, -0.2) is 81.3 Å². The third kappa shape index (κ3) is 13.5. The zero-order valence-corrected chi connectivity index (χ0v) is 27.0. The maximum atomic E-state index is 11.7. The molecule has 4 N–H and O–H groups in total. The van der Waals surface area contributed by atoms with Gasteiger partial charge in [-0.3, -0.25) is 0 Å². The number of hydrogen-bond acceptors (Lipinski definition) is 8. The number of esters is 1. The Morgan fingerprint density at radius 1 is 0.698 bits per heavy atom. The van der Waals surface area contributed by atoms with Gasteiger partial charge in [0.15, 0.2) is 0 Å². The summed E-state index contributed by atoms with van der Waals surface area (Å²) in [4.78, 5) is 11.7. The fourth-order valence-corrected chi connectivity index (χ4v) is 6.94. The number of ether oxygens (including phenoxy) is 3. The molecule has 0 aromatic heterocycles. The lowest BCUT2D eigenvalue weighted by atomic mass is 9.98. The zero-order valence-electron chi connectivity index (χ0n) is 27.0. The van der Waals surface area contributed by atoms with Crippen LogP contribution in [0.4, 0.5) is 0 Å². The van der Waals surface area contributed by atoms with E-state index in [-0.39, 0.29) is 36.5 Å². The molecule has 2 fully saturated rings. The molecule has 3 aliphatic rings. The topological polar surface area (TPSA) is 126 Å². The largest absolute Gasteiger partial charge is 0.455 e. The quantitative estimate of drug-likeness (QED) is 0.0814. The van der Waals surface area contributed by atoms with E-state index in [1.807, 2.05) is 6.92 Å². The van der Waals surface area contributed by atoms with E-state index in [0.717, 1.165) is 70.6 Å². The van der Waals surface area contributed by atoms with E-state index in [9.17, 15) is 25.2 Å². The molecule has 0 aromatic rings. The van der Waals surface area contributed by atoms with Crippen LogP contribution in [-0.2, 0) is 19.0 Å². The Hall–Kier alpha value is -1.03. The zero-order chi connectivity index (χ0) is 31.0. The van der Waals surface area contributed by atoms with Gasteiger partial charge in [0, 0.05) is 12.0 Å². The number of carbonyl (C=O) groups excluding carboxylic acids is 1. The molecule has 0 spiro atoms. The van der Waals surface area contributed by atoms with Crippen molar-refractivity contribution in [1.82, 2.24) is 0 Å². The van der Waals surface area contributed by atoms with E-state index in [2.05, 4.69) is 6.92 Å². The number of carbonyl (C=O) groups is 1. The smallest absolute Gasteiger partial charge is 0.334 e. The Bertz CT molecular complexity index is 803. The van der Waals surface area contributed by atoms with E-state index >= 15 is 0 Å². The van der Waals surface area contributed by atoms with Crippen LogP contribution in [0.15, 0.2) is 11.6 Å². The first-order valence-corrected chi connectivity index (χ1v) is 17.7. The second kappa shape index (κ2) is 20.2. The van der Waals surface area contributed by atoms with Gasteiger partial charge in [0.1, 0.15) is 6.10 Å². The second-order valence-corrected chi connectivity index (χ2v) is 13.5. The predicted octanol–water partition coefficient (Wildman–Crippen LogP) is 6.05. The van der Waals surface area contributed by atoms with Gasteiger partial charge in [-0.1, -0.05) is 77.6 Å². The van der Waals surface area contributed by atoms with Crippen LogP contribution in [0.1, 0.15) is 149 Å². The molecule has 43 heavy (non-hydrogen) atoms. The lowest BCUT2D eigenvalue weighted by Gasteiger charge is -2.24. The number of hydrogen-bond donors (Lipinski definition) is 4. The SMILES string of the molecule is CCCCCCCCCC[C@H](O)[C@H]1CC[C@H]([C@H](O)CC[C@@H](O)[C@H]2CC[C@H](CCCCC[C@@H](O)CC3=C[C@H](C)OC3=O)O2)O1. The van der Waals surface area contributed by atoms with Crippen molar-refractivity contribution in [1.29, 1.82) is 0 Å². The molecular formula is C35H62O8. The third-order valence-electron chi connectivity index (χ3n) is 9.63. The number of aliphatic hydroxyl groups excluding tert-OH is 4. The Kier molecular flexibility index (Phi) is 17.1. The standard InChI is InChI=1S/C35H62O8/c1-3-4-5-6-7-8-9-13-16-29(37)33-21-22-34(43-33)31(39)19-18-30(38)32-20-17-28(42-32)15-12-10-11-14-27(36)24-26-23-25(2)41-35(26)40/h23,25,27-34,36-39H,3-22,24H2,1-2H3/t25-,27+,28-,29-,30+,31+,32+,33+,34+/m0/s1. The average Bonchev–Trinajstić information content (AvgIpc) is 3.73. The second-order valence-electron chi connectivity index (χ2n) is 13.5. The molecule has 3 aliphatic heterocycles. The van der Waals surface area contributed by atoms with Gasteiger partial charge in [0.05, 0.1) is 48.8 Å². The van der Waals surface area contributed by atoms with Crippen LogP contribution >= 0.6 is 0 Å². The summed E-state index contributed by atoms with van der Waals surface area (Å²) in [7, 11) is 0. The molecule has 0 amide bonds. The summed E-state index contributed by atoms with van der Waals surface area (Å²) in [6.07, 6.45) is 18.7. The van der Waals surface area contributed by atoms with Crippen molar-refractivity contribution in [3.63, 3.8) is 0 Å². The van der Waals surface area contributed by atoms with Crippen molar-refractivity contribution >= 4 is 5.97 Å². The number of unbranched alkanes of at least 4 members (excludes halogenated alkanes) is 9. The first-order chi connectivity index (χ1) is 20.8. The Morgan fingerprint density at radius 3 is 1.86 bits per heavy atom. The van der Waals surface area contributed by atoms with Crippen LogP contribution in [0.25, 0.3) is 0 Å². The molecule has 2 saturated heterocycles. The maximum absolute atomic E-state index is 11.7. The van der Waals surface area contributed by atoms with Gasteiger partial charge in [-0.25, -0.2) is 4.79 Å². The van der Waals surface area contributed by atoms with E-state index in [4.69, 9.17) is 14.2 Å². The van der Waals surface area contributed by atoms with Crippen molar-refractivity contribution in [2.75, 3.05) is 0 Å². The number of rotatable bonds is 23. The molecule has 0 unspecified atom stereocenters. The molecule has 3 rings (SSSR count). The highest BCUT2D eigenvalue weighted by Gasteiger charge is 2.36. The molecular weight excluding hydrogens is 548 g/mol. The molecule has 3 heterocycles. The lowest BCUT2D eigenvalue weighted by molar-refractivity contribution is -0.139. The molecule has 0 bridgehead atoms. The number of cyclic esters (lactones) is 1. The molecule has 9 atom stereocenters. The first-order valence-electron chi connectivity index (χ1n) is 17.7. The molecule has 0 radical (unpaired) electrons. The molecule has 0 aromatic carbocycles. The van der Waals surface area contributed by atoms with Crippen molar-refractivity contribution in [2.24, 2.45) is 0 Å². The molecule has 0 aliphatic carbocycles. The minimum Gasteiger partial charge on any atom is -0.455 e. The Balaban J connectivity index is 1.19. The van der Waals surface area contributed by atoms with Crippen LogP contribution in [0, 0.1) is 0 Å². The van der Waals surface area contributed by atoms with Crippen molar-refractivity contribution in [2.45, 2.75) is 204 Å². The fourth-order valence-electron chi connectivity index (χ4n) is 6.94. The van der Waals surface area contributed by atoms with Gasteiger partial charge in [0.25, 0.3) is 0 Å². The summed E-state index contributed by atoms with van der Waals surface area (Å²) >= 11 is 0. The summed E-state index contributed by atoms with van der Waals surface area (Å²) in [5, 5.41) is 42.3. The minimum absolute atomic E-state index is 0.149. The van der Waals surface area contributed by atoms with E-state index in [1.165, 1.54) is 38.5 Å². The Labute approximate surface area is 260 Å². The third-order valence-corrected chi connectivity index (χ3v) is 9.63. The summed E-state index contributed by atoms with van der Waals surface area (Å²) in [6.45, 7) is 4.06. The lowest BCUT2D eigenvalue weighted by Crippen LogP contribution is -2.33. The maximum Gasteiger partial charge on any atom is 0.334 e. The van der Waals surface area contributed by atoms with Crippen molar-refractivity contribution in [3.05, 3.63) is 11.6 Å². The van der Waals surface area contributed by atoms with Gasteiger partial charge < -0.3 is 34.6 Å². The monoisotopic (exact) mass is 610 g/mol. The van der Waals surface area contributed by atoms with Gasteiger partial charge in [0.2, 0.25) is 0 Å². The summed E-state index contributed by atoms with van der Waals surface area (Å²) < 4.78 is 17.3. The highest BCUT2D eigenvalue weighted by Crippen LogP contribution is 2.31. The van der Waals surface area contributed by atoms with Crippen LogP contribution < -0.4 is 0 Å². The normalized spacial score (nSPS) is 28.6. The first kappa shape index (κ1) is 36.4. The van der Waals surface area contributed by atoms with E-state index in [0.29, 0.717) is 31.3 Å². The van der Waals surface area contributed by atoms with Gasteiger partial charge in [-0.05, 0) is 70.8 Å². The molecule has 8 nitrogen and oxygen atoms in total. The van der Waals surface area contributed by atoms with Crippen LogP contribution in [0.2, 0.25) is 0 Å². The highest BCUT2D eigenvalue weighted by atomic mass is 16.5.